The van der Waals surface area contributed by atoms with Gasteiger partial charge in [0.2, 0.25) is 0 Å². The molecule has 116 valence electrons. The standard InChI is InChI=1S/C14H20FIN2O2Si/c1-19-12-8-10(15)7-11-13(12)14(16)17-18(11)9-20-5-6-21(2,3)4/h7-8H,5-6,9H2,1-4H3. The van der Waals surface area contributed by atoms with Crippen LogP contribution >= 0.6 is 22.6 Å². The smallest absolute Gasteiger partial charge is 0.140 e. The lowest BCUT2D eigenvalue weighted by molar-refractivity contribution is 0.0814. The molecule has 2 aromatic rings. The van der Waals surface area contributed by atoms with Crippen molar-refractivity contribution in [3.05, 3.63) is 21.7 Å². The van der Waals surface area contributed by atoms with Gasteiger partial charge in [-0.1, -0.05) is 19.6 Å². The lowest BCUT2D eigenvalue weighted by Gasteiger charge is -2.15. The zero-order valence-electron chi connectivity index (χ0n) is 12.7. The molecule has 0 saturated heterocycles. The number of halogens is 2. The minimum Gasteiger partial charge on any atom is -0.496 e. The first-order chi connectivity index (χ1) is 9.81. The molecule has 0 amide bonds. The Morgan fingerprint density at radius 3 is 2.67 bits per heavy atom. The summed E-state index contributed by atoms with van der Waals surface area (Å²) in [6.45, 7) is 7.96. The van der Waals surface area contributed by atoms with E-state index in [1.807, 2.05) is 0 Å². The van der Waals surface area contributed by atoms with Crippen LogP contribution in [0.3, 0.4) is 0 Å². The van der Waals surface area contributed by atoms with E-state index in [0.717, 1.165) is 15.1 Å². The van der Waals surface area contributed by atoms with Crippen molar-refractivity contribution in [3.8, 4) is 5.75 Å². The second-order valence-electron chi connectivity index (χ2n) is 6.14. The average molecular weight is 422 g/mol. The third kappa shape index (κ3) is 4.16. The van der Waals surface area contributed by atoms with Gasteiger partial charge < -0.3 is 9.47 Å². The molecule has 0 atom stereocenters. The molecular formula is C14H20FIN2O2Si. The van der Waals surface area contributed by atoms with Crippen LogP contribution in [0, 0.1) is 9.52 Å². The van der Waals surface area contributed by atoms with Crippen LogP contribution in [0.2, 0.25) is 25.7 Å². The molecule has 0 bridgehead atoms. The SMILES string of the molecule is COc1cc(F)cc2c1c(I)nn2COCC[Si](C)(C)C. The minimum absolute atomic E-state index is 0.330. The predicted molar refractivity (Wildman–Crippen MR) is 93.1 cm³/mol. The minimum atomic E-state index is -1.10. The van der Waals surface area contributed by atoms with E-state index in [-0.39, 0.29) is 5.82 Å². The Labute approximate surface area is 138 Å². The fourth-order valence-electron chi connectivity index (χ4n) is 1.98. The molecule has 0 saturated carbocycles. The summed E-state index contributed by atoms with van der Waals surface area (Å²) in [6.07, 6.45) is 0. The van der Waals surface area contributed by atoms with Crippen LogP contribution < -0.4 is 4.74 Å². The maximum Gasteiger partial charge on any atom is 0.140 e. The Hall–Kier alpha value is -0.673. The number of rotatable bonds is 6. The molecule has 1 aromatic heterocycles. The van der Waals surface area contributed by atoms with Gasteiger partial charge in [-0.15, -0.1) is 0 Å². The highest BCUT2D eigenvalue weighted by atomic mass is 127. The fourth-order valence-corrected chi connectivity index (χ4v) is 3.54. The Morgan fingerprint density at radius 1 is 1.33 bits per heavy atom. The molecule has 0 N–H and O–H groups in total. The quantitative estimate of drug-likeness (QED) is 0.400. The molecule has 0 spiro atoms. The fraction of sp³-hybridized carbons (Fsp3) is 0.500. The van der Waals surface area contributed by atoms with E-state index in [2.05, 4.69) is 47.3 Å². The van der Waals surface area contributed by atoms with Gasteiger partial charge in [0.05, 0.1) is 18.0 Å². The van der Waals surface area contributed by atoms with E-state index < -0.39 is 8.07 Å². The zero-order chi connectivity index (χ0) is 15.6. The molecule has 0 fully saturated rings. The van der Waals surface area contributed by atoms with Gasteiger partial charge in [-0.25, -0.2) is 9.07 Å². The monoisotopic (exact) mass is 422 g/mol. The number of nitrogens with zero attached hydrogens (tertiary/aromatic N) is 2. The van der Waals surface area contributed by atoms with Gasteiger partial charge >= 0.3 is 0 Å². The van der Waals surface area contributed by atoms with Crippen LogP contribution in [0.5, 0.6) is 5.75 Å². The van der Waals surface area contributed by atoms with Gasteiger partial charge in [0.15, 0.2) is 0 Å². The van der Waals surface area contributed by atoms with Crippen molar-refractivity contribution in [3.63, 3.8) is 0 Å². The lowest BCUT2D eigenvalue weighted by atomic mass is 10.2. The van der Waals surface area contributed by atoms with Crippen molar-refractivity contribution in [1.29, 1.82) is 0 Å². The van der Waals surface area contributed by atoms with Crippen LogP contribution in [-0.4, -0.2) is 31.6 Å². The molecule has 0 radical (unpaired) electrons. The molecule has 2 rings (SSSR count). The molecule has 1 aromatic carbocycles. The zero-order valence-corrected chi connectivity index (χ0v) is 15.9. The van der Waals surface area contributed by atoms with E-state index in [1.165, 1.54) is 19.2 Å². The number of ether oxygens (including phenoxy) is 2. The van der Waals surface area contributed by atoms with Crippen molar-refractivity contribution in [2.75, 3.05) is 13.7 Å². The number of hydrogen-bond donors (Lipinski definition) is 0. The summed E-state index contributed by atoms with van der Waals surface area (Å²) in [5, 5.41) is 5.24. The van der Waals surface area contributed by atoms with Gasteiger partial charge in [-0.05, 0) is 28.6 Å². The highest BCUT2D eigenvalue weighted by Crippen LogP contribution is 2.31. The maximum absolute atomic E-state index is 13.7. The molecule has 21 heavy (non-hydrogen) atoms. The molecule has 0 aliphatic heterocycles. The molecule has 0 unspecified atom stereocenters. The van der Waals surface area contributed by atoms with Crippen LogP contribution in [0.4, 0.5) is 4.39 Å². The normalized spacial score (nSPS) is 12.1. The lowest BCUT2D eigenvalue weighted by Crippen LogP contribution is -2.22. The van der Waals surface area contributed by atoms with Gasteiger partial charge in [-0.2, -0.15) is 5.10 Å². The summed E-state index contributed by atoms with van der Waals surface area (Å²) in [5.74, 6) is 0.168. The summed E-state index contributed by atoms with van der Waals surface area (Å²) in [7, 11) is 0.430. The van der Waals surface area contributed by atoms with Crippen LogP contribution in [0.15, 0.2) is 12.1 Å². The molecule has 4 nitrogen and oxygen atoms in total. The first-order valence-electron chi connectivity index (χ1n) is 6.79. The third-order valence-electron chi connectivity index (χ3n) is 3.17. The van der Waals surface area contributed by atoms with Crippen LogP contribution in [0.1, 0.15) is 0 Å². The van der Waals surface area contributed by atoms with Gasteiger partial charge in [0.1, 0.15) is 22.0 Å². The number of aromatic nitrogens is 2. The number of fused-ring (bicyclic) bond motifs is 1. The van der Waals surface area contributed by atoms with E-state index in [9.17, 15) is 4.39 Å². The summed E-state index contributed by atoms with van der Waals surface area (Å²) in [4.78, 5) is 0. The second-order valence-corrected chi connectivity index (χ2v) is 12.8. The number of benzene rings is 1. The average Bonchev–Trinajstić information content (AvgIpc) is 2.69. The van der Waals surface area contributed by atoms with Gasteiger partial charge in [0, 0.05) is 26.8 Å². The van der Waals surface area contributed by atoms with Crippen molar-refractivity contribution in [2.24, 2.45) is 0 Å². The molecule has 0 aliphatic rings. The summed E-state index contributed by atoms with van der Waals surface area (Å²) in [5.41, 5.74) is 0.698. The van der Waals surface area contributed by atoms with Crippen molar-refractivity contribution in [1.82, 2.24) is 9.78 Å². The topological polar surface area (TPSA) is 36.3 Å². The molecule has 0 aliphatic carbocycles. The molecular weight excluding hydrogens is 402 g/mol. The van der Waals surface area contributed by atoms with Crippen molar-refractivity contribution >= 4 is 41.6 Å². The third-order valence-corrected chi connectivity index (χ3v) is 5.63. The van der Waals surface area contributed by atoms with Crippen LogP contribution in [-0.2, 0) is 11.5 Å². The maximum atomic E-state index is 13.7. The summed E-state index contributed by atoms with van der Waals surface area (Å²) in [6, 6.07) is 3.94. The summed E-state index contributed by atoms with van der Waals surface area (Å²) < 4.78 is 27.1. The Kier molecular flexibility index (Phi) is 5.26. The Balaban J connectivity index is 2.19. The molecule has 7 heteroatoms. The second kappa shape index (κ2) is 6.61. The van der Waals surface area contributed by atoms with E-state index in [0.29, 0.717) is 24.6 Å². The predicted octanol–water partition coefficient (Wildman–Crippen LogP) is 4.10. The largest absolute Gasteiger partial charge is 0.496 e. The molecule has 1 heterocycles. The summed E-state index contributed by atoms with van der Waals surface area (Å²) >= 11 is 2.13. The Morgan fingerprint density at radius 2 is 2.05 bits per heavy atom. The number of hydrogen-bond acceptors (Lipinski definition) is 3. The van der Waals surface area contributed by atoms with Crippen molar-refractivity contribution in [2.45, 2.75) is 32.4 Å². The van der Waals surface area contributed by atoms with Crippen molar-refractivity contribution < 1.29 is 13.9 Å². The highest BCUT2D eigenvalue weighted by molar-refractivity contribution is 14.1. The first kappa shape index (κ1) is 16.7. The number of methoxy groups -OCH3 is 1. The van der Waals surface area contributed by atoms with Gasteiger partial charge in [-0.3, -0.25) is 0 Å². The first-order valence-corrected chi connectivity index (χ1v) is 11.6. The van der Waals surface area contributed by atoms with E-state index in [1.54, 1.807) is 4.68 Å². The van der Waals surface area contributed by atoms with E-state index in [4.69, 9.17) is 9.47 Å². The van der Waals surface area contributed by atoms with E-state index >= 15 is 0 Å². The highest BCUT2D eigenvalue weighted by Gasteiger charge is 2.16. The Bertz CT molecular complexity index is 640. The van der Waals surface area contributed by atoms with Crippen LogP contribution in [0.25, 0.3) is 10.9 Å². The van der Waals surface area contributed by atoms with Gasteiger partial charge in [0.25, 0.3) is 0 Å².